The van der Waals surface area contributed by atoms with Gasteiger partial charge in [0.05, 0.1) is 47.5 Å². The summed E-state index contributed by atoms with van der Waals surface area (Å²) in [6, 6.07) is 33.5. The summed E-state index contributed by atoms with van der Waals surface area (Å²) in [5.41, 5.74) is 1.03. The van der Waals surface area contributed by atoms with Gasteiger partial charge < -0.3 is 60.4 Å². The summed E-state index contributed by atoms with van der Waals surface area (Å²) < 4.78 is 55.9. The first-order chi connectivity index (χ1) is 56.4. The Morgan fingerprint density at radius 1 is 0.415 bits per heavy atom. The molecule has 0 bridgehead atoms. The van der Waals surface area contributed by atoms with Crippen molar-refractivity contribution < 1.29 is 89.7 Å². The first-order valence-electron chi connectivity index (χ1n) is 35.8. The molecule has 0 unspecified atom stereocenters. The lowest BCUT2D eigenvalue weighted by Crippen LogP contribution is -2.54. The number of nitrogens with one attached hydrogen (secondary N) is 9. The molecule has 17 amide bonds. The van der Waals surface area contributed by atoms with E-state index in [1.54, 1.807) is 79.0 Å². The highest BCUT2D eigenvalue weighted by Gasteiger charge is 2.52. The zero-order valence-corrected chi connectivity index (χ0v) is 63.0. The number of aromatic nitrogens is 2. The molecule has 2 aromatic heterocycles. The average molecular weight is 1600 g/mol. The number of pyridine rings is 2. The van der Waals surface area contributed by atoms with E-state index in [0.717, 1.165) is 28.8 Å². The number of aryl methyl sites for hydroxylation is 1. The molecule has 118 heavy (non-hydrogen) atoms. The molecule has 0 radical (unpaired) electrons. The average Bonchev–Trinajstić information content (AvgIpc) is 1.64. The maximum atomic E-state index is 13.4. The number of halogens is 3. The van der Waals surface area contributed by atoms with Crippen LogP contribution in [-0.4, -0.2) is 177 Å². The predicted octanol–water partition coefficient (Wildman–Crippen LogP) is 4.59. The zero-order valence-electron chi connectivity index (χ0n) is 63.0. The van der Waals surface area contributed by atoms with Gasteiger partial charge in [0.2, 0.25) is 28.1 Å². The van der Waals surface area contributed by atoms with Gasteiger partial charge in [-0.3, -0.25) is 69.4 Å². The van der Waals surface area contributed by atoms with E-state index in [0.29, 0.717) is 80.2 Å². The fraction of sp³-hybridized carbons (Fsp3) is 0.202. The molecule has 594 valence electrons. The minimum absolute atomic E-state index is 0.0124. The Morgan fingerprint density at radius 3 is 1.19 bits per heavy atom. The van der Waals surface area contributed by atoms with E-state index < -0.39 is 93.3 Å². The number of fused-ring (bicyclic) bond motifs is 4. The van der Waals surface area contributed by atoms with E-state index in [-0.39, 0.29) is 80.6 Å². The van der Waals surface area contributed by atoms with Crippen LogP contribution in [0.5, 0.6) is 17.2 Å². The number of methoxy groups -OCH3 is 3. The van der Waals surface area contributed by atoms with Gasteiger partial charge in [0, 0.05) is 102 Å². The van der Waals surface area contributed by atoms with E-state index in [2.05, 4.69) is 105 Å². The first-order valence-corrected chi connectivity index (χ1v) is 35.8. The van der Waals surface area contributed by atoms with Crippen LogP contribution in [-0.2, 0) is 50.2 Å². The van der Waals surface area contributed by atoms with Crippen molar-refractivity contribution in [1.82, 2.24) is 72.1 Å². The van der Waals surface area contributed by atoms with Gasteiger partial charge in [-0.1, -0.05) is 83.3 Å². The van der Waals surface area contributed by atoms with Crippen molar-refractivity contribution in [3.8, 4) is 64.6 Å². The van der Waals surface area contributed by atoms with Crippen LogP contribution in [0.15, 0.2) is 158 Å². The molecule has 8 aliphatic rings. The van der Waals surface area contributed by atoms with E-state index >= 15 is 0 Å². The Morgan fingerprint density at radius 2 is 0.797 bits per heavy atom. The molecule has 16 rings (SSSR count). The summed E-state index contributed by atoms with van der Waals surface area (Å²) in [5, 5.41) is 21.3. The van der Waals surface area contributed by atoms with Crippen molar-refractivity contribution in [3.63, 3.8) is 0 Å². The Kier molecular flexibility index (Phi) is 22.5. The van der Waals surface area contributed by atoms with Crippen LogP contribution in [0.4, 0.5) is 38.2 Å². The number of amides is 17. The fourth-order valence-electron chi connectivity index (χ4n) is 13.5. The number of hydrogen-bond acceptors (Lipinski definition) is 18. The van der Waals surface area contributed by atoms with Crippen molar-refractivity contribution in [2.45, 2.75) is 62.2 Å². The number of anilines is 1. The number of carbonyl (C=O) groups is 13. The number of nitrogens with zero attached hydrogens (tertiary/aromatic N) is 6. The Hall–Kier alpha value is -15.8. The molecule has 6 aromatic carbocycles. The highest BCUT2D eigenvalue weighted by Crippen LogP contribution is 2.33. The van der Waals surface area contributed by atoms with Crippen LogP contribution in [0, 0.1) is 71.7 Å². The van der Waals surface area contributed by atoms with Crippen LogP contribution in [0.1, 0.15) is 98.4 Å². The molecule has 4 fully saturated rings. The van der Waals surface area contributed by atoms with Gasteiger partial charge in [0.25, 0.3) is 47.3 Å². The molecule has 34 heteroatoms. The third-order valence-electron chi connectivity index (χ3n) is 19.3. The first kappa shape index (κ1) is 80.2. The number of hydrogen-bond donors (Lipinski definition) is 9. The maximum absolute atomic E-state index is 13.4. The number of imide groups is 4. The van der Waals surface area contributed by atoms with E-state index in [1.807, 2.05) is 37.3 Å². The Bertz CT molecular complexity index is 5870. The minimum atomic E-state index is -1.76. The second-order valence-corrected chi connectivity index (χ2v) is 27.6. The van der Waals surface area contributed by atoms with Crippen molar-refractivity contribution in [2.75, 3.05) is 52.8 Å². The van der Waals surface area contributed by atoms with Crippen LogP contribution in [0.25, 0.3) is 0 Å². The standard InChI is InChI=1S/C22H19N5O5.C22H19N3O4.C21H15F2N3O4.C19H13FN4O3/c1-13(28)24-18-6-3-14(10-23-18)7-8-22(20(30)25-21(31)26-22)12-27-11-15-4-5-16(32-2)9-17(15)19(27)29;1-14-3-5-15(6-4-14)9-10-22(20(27)23-21(28)24-22)13-25-12-16-7-8-17(29-2)11-18(16)19(25)26;1-30-16-2-3-17-13(8-16)10-26(18(17)27)11-21(19(28)24-20(29)25-21)5-4-12-6-14(22)9-15(23)7-12;20-14-4-3-13-10-24(16(25)15(13)8-14)11-19(17(26)22-18(27)23-19)6-5-12-2-1-7-21-9-12/h3-6,9-10H,11-12H2,1-2H3,(H,23,24,28)(H2,25,26,30,31);3-8,11H,12-13H2,1-2H3,(H2,23,24,27,28);2-3,6-9H,10-11H2,1H3,(H2,24,25,28,29);1-4,7-9H,10-11H2,(H2,22,23,26,27)/t2*22-;21-;19-/m1111/s1. The predicted molar refractivity (Wildman–Crippen MR) is 410 cm³/mol. The van der Waals surface area contributed by atoms with Gasteiger partial charge in [-0.15, -0.1) is 0 Å². The fourth-order valence-corrected chi connectivity index (χ4v) is 13.5. The third-order valence-corrected chi connectivity index (χ3v) is 19.3. The molecule has 4 saturated heterocycles. The van der Waals surface area contributed by atoms with Gasteiger partial charge in [-0.05, 0) is 132 Å². The summed E-state index contributed by atoms with van der Waals surface area (Å²) in [7, 11) is 4.56. The molecule has 9 N–H and O–H groups in total. The lowest BCUT2D eigenvalue weighted by atomic mass is 9.99. The molecule has 0 saturated carbocycles. The summed E-state index contributed by atoms with van der Waals surface area (Å²) in [4.78, 5) is 173. The normalized spacial score (nSPS) is 19.8. The molecule has 10 heterocycles. The molecule has 0 spiro atoms. The van der Waals surface area contributed by atoms with E-state index in [1.165, 1.54) is 78.4 Å². The van der Waals surface area contributed by atoms with E-state index in [4.69, 9.17) is 14.2 Å². The summed E-state index contributed by atoms with van der Waals surface area (Å²) in [6.07, 6.45) is 4.54. The second-order valence-electron chi connectivity index (χ2n) is 27.6. The number of benzene rings is 6. The maximum Gasteiger partial charge on any atom is 0.323 e. The topological polar surface area (TPSA) is 397 Å². The summed E-state index contributed by atoms with van der Waals surface area (Å²) in [6.45, 7) is 3.74. The van der Waals surface area contributed by atoms with Crippen LogP contribution >= 0.6 is 0 Å². The van der Waals surface area contributed by atoms with Crippen molar-refractivity contribution in [1.29, 1.82) is 0 Å². The van der Waals surface area contributed by atoms with Crippen molar-refractivity contribution in [3.05, 3.63) is 248 Å². The highest BCUT2D eigenvalue weighted by molar-refractivity contribution is 6.13. The monoisotopic (exact) mass is 1600 g/mol. The minimum Gasteiger partial charge on any atom is -0.497 e. The molecule has 31 nitrogen and oxygen atoms in total. The lowest BCUT2D eigenvalue weighted by Gasteiger charge is -2.26. The van der Waals surface area contributed by atoms with Gasteiger partial charge in [-0.25, -0.2) is 37.3 Å². The quantitative estimate of drug-likeness (QED) is 0.0596. The van der Waals surface area contributed by atoms with Crippen molar-refractivity contribution >= 4 is 83.1 Å². The molecular formula is C84H66F3N15O16. The Balaban J connectivity index is 0.000000137. The second kappa shape index (κ2) is 33.1. The zero-order chi connectivity index (χ0) is 84.0. The Labute approximate surface area is 669 Å². The van der Waals surface area contributed by atoms with Crippen molar-refractivity contribution in [2.24, 2.45) is 0 Å². The molecule has 8 aromatic rings. The number of urea groups is 4. The van der Waals surface area contributed by atoms with Gasteiger partial charge >= 0.3 is 24.1 Å². The van der Waals surface area contributed by atoms with Gasteiger partial charge in [0.15, 0.2) is 0 Å². The van der Waals surface area contributed by atoms with Crippen LogP contribution < -0.4 is 62.1 Å². The van der Waals surface area contributed by atoms with E-state index in [9.17, 15) is 75.5 Å². The SMILES string of the molecule is COc1ccc2c(c1)C(=O)N(C[C@@]1(C#Cc3ccc(C)cc3)NC(=O)NC1=O)C2.COc1ccc2c(c1)C(=O)N(C[C@@]1(C#Cc3ccc(NC(C)=O)nc3)NC(=O)NC1=O)C2.COc1ccc2c(c1)CN(C[C@@]1(C#Cc3cc(F)cc(F)c3)NC(=O)NC1=O)C2=O.O=C1NC(=O)[C@@](C#Cc2cccnc2)(CN2Cc3ccc(F)cc3C2=O)N1. The molecular weight excluding hydrogens is 1530 g/mol. The number of ether oxygens (including phenoxy) is 3. The van der Waals surface area contributed by atoms with Gasteiger partial charge in [-0.2, -0.15) is 0 Å². The number of rotatable bonds is 12. The lowest BCUT2D eigenvalue weighted by molar-refractivity contribution is -0.123. The van der Waals surface area contributed by atoms with Crippen LogP contribution in [0.2, 0.25) is 0 Å². The molecule has 4 atom stereocenters. The summed E-state index contributed by atoms with van der Waals surface area (Å²) in [5.74, 6) is 18.0. The third kappa shape index (κ3) is 17.4. The molecule has 0 aliphatic carbocycles. The van der Waals surface area contributed by atoms with Gasteiger partial charge in [0.1, 0.15) is 40.5 Å². The largest absolute Gasteiger partial charge is 0.497 e. The number of carbonyl (C=O) groups excluding carboxylic acids is 13. The summed E-state index contributed by atoms with van der Waals surface area (Å²) >= 11 is 0. The highest BCUT2D eigenvalue weighted by atomic mass is 19.1. The molecule has 8 aliphatic heterocycles. The van der Waals surface area contributed by atoms with Crippen LogP contribution in [0.3, 0.4) is 0 Å². The smallest absolute Gasteiger partial charge is 0.323 e.